The summed E-state index contributed by atoms with van der Waals surface area (Å²) >= 11 is 3.28. The quantitative estimate of drug-likeness (QED) is 0.799. The second-order valence-corrected chi connectivity index (χ2v) is 4.23. The van der Waals surface area contributed by atoms with Crippen molar-refractivity contribution in [2.75, 3.05) is 5.32 Å². The van der Waals surface area contributed by atoms with Crippen molar-refractivity contribution >= 4 is 33.6 Å². The second kappa shape index (κ2) is 6.24. The Balaban J connectivity index is 2.61. The van der Waals surface area contributed by atoms with E-state index in [1.807, 2.05) is 6.07 Å². The molecule has 1 atom stereocenters. The van der Waals surface area contributed by atoms with Crippen LogP contribution in [0.1, 0.15) is 13.3 Å². The van der Waals surface area contributed by atoms with Crippen molar-refractivity contribution in [3.05, 3.63) is 28.7 Å². The monoisotopic (exact) mass is 300 g/mol. The van der Waals surface area contributed by atoms with Crippen LogP contribution in [0.5, 0.6) is 0 Å². The summed E-state index contributed by atoms with van der Waals surface area (Å²) in [7, 11) is 0. The molecule has 1 aromatic carbocycles. The number of hydrogen-bond acceptors (Lipinski definition) is 2. The number of amides is 2. The lowest BCUT2D eigenvalue weighted by Crippen LogP contribution is -2.42. The number of carbonyl (C=O) groups excluding carboxylic acids is 1. The van der Waals surface area contributed by atoms with Gasteiger partial charge in [0.05, 0.1) is 5.69 Å². The molecule has 0 heterocycles. The molecule has 92 valence electrons. The number of halogens is 1. The Labute approximate surface area is 107 Å². The minimum absolute atomic E-state index is 0.332. The van der Waals surface area contributed by atoms with Crippen molar-refractivity contribution in [2.24, 2.45) is 0 Å². The third kappa shape index (κ3) is 4.07. The summed E-state index contributed by atoms with van der Waals surface area (Å²) in [6.07, 6.45) is 0.332. The molecule has 0 bridgehead atoms. The van der Waals surface area contributed by atoms with E-state index >= 15 is 0 Å². The molecular formula is C11H13BrN2O3. The first-order valence-corrected chi connectivity index (χ1v) is 5.88. The summed E-state index contributed by atoms with van der Waals surface area (Å²) in [6.45, 7) is 1.69. The predicted molar refractivity (Wildman–Crippen MR) is 68.0 cm³/mol. The third-order valence-electron chi connectivity index (χ3n) is 2.13. The molecule has 0 unspecified atom stereocenters. The van der Waals surface area contributed by atoms with E-state index in [1.165, 1.54) is 0 Å². The number of carbonyl (C=O) groups is 2. The molecule has 0 radical (unpaired) electrons. The number of carboxylic acid groups (broad SMARTS) is 1. The molecule has 1 rings (SSSR count). The highest BCUT2D eigenvalue weighted by molar-refractivity contribution is 9.10. The number of anilines is 1. The van der Waals surface area contributed by atoms with Crippen LogP contribution in [0.25, 0.3) is 0 Å². The Morgan fingerprint density at radius 1 is 1.41 bits per heavy atom. The Morgan fingerprint density at radius 3 is 2.59 bits per heavy atom. The topological polar surface area (TPSA) is 78.4 Å². The molecule has 0 spiro atoms. The van der Waals surface area contributed by atoms with Gasteiger partial charge in [-0.1, -0.05) is 19.1 Å². The molecule has 1 aromatic rings. The molecule has 0 aromatic heterocycles. The van der Waals surface area contributed by atoms with Gasteiger partial charge in [0.2, 0.25) is 0 Å². The van der Waals surface area contributed by atoms with Crippen LogP contribution in [0.3, 0.4) is 0 Å². The standard InChI is InChI=1S/C11H13BrN2O3/c1-2-8(10(15)16)13-11(17)14-9-6-4-3-5-7(9)12/h3-6,8H,2H2,1H3,(H,15,16)(H2,13,14,17)/t8-/m1/s1. The Bertz CT molecular complexity index is 423. The van der Waals surface area contributed by atoms with E-state index in [0.29, 0.717) is 12.1 Å². The van der Waals surface area contributed by atoms with Crippen molar-refractivity contribution in [3.63, 3.8) is 0 Å². The summed E-state index contributed by atoms with van der Waals surface area (Å²) in [4.78, 5) is 22.3. The van der Waals surface area contributed by atoms with Gasteiger partial charge in [-0.3, -0.25) is 0 Å². The van der Waals surface area contributed by atoms with Crippen molar-refractivity contribution < 1.29 is 14.7 Å². The maximum Gasteiger partial charge on any atom is 0.326 e. The van der Waals surface area contributed by atoms with E-state index in [1.54, 1.807) is 25.1 Å². The molecule has 0 saturated heterocycles. The highest BCUT2D eigenvalue weighted by Crippen LogP contribution is 2.20. The number of para-hydroxylation sites is 1. The van der Waals surface area contributed by atoms with Gasteiger partial charge >= 0.3 is 12.0 Å². The fourth-order valence-corrected chi connectivity index (χ4v) is 1.60. The Morgan fingerprint density at radius 2 is 2.06 bits per heavy atom. The number of carboxylic acids is 1. The fourth-order valence-electron chi connectivity index (χ4n) is 1.22. The van der Waals surface area contributed by atoms with Gasteiger partial charge in [0.25, 0.3) is 0 Å². The highest BCUT2D eigenvalue weighted by atomic mass is 79.9. The van der Waals surface area contributed by atoms with Gasteiger partial charge in [-0.15, -0.1) is 0 Å². The molecule has 2 amide bonds. The van der Waals surface area contributed by atoms with Gasteiger partial charge in [-0.25, -0.2) is 9.59 Å². The van der Waals surface area contributed by atoms with E-state index in [0.717, 1.165) is 4.47 Å². The lowest BCUT2D eigenvalue weighted by molar-refractivity contribution is -0.139. The number of nitrogens with one attached hydrogen (secondary N) is 2. The summed E-state index contributed by atoms with van der Waals surface area (Å²) in [5.41, 5.74) is 0.588. The molecule has 0 fully saturated rings. The number of urea groups is 1. The first-order chi connectivity index (χ1) is 8.04. The smallest absolute Gasteiger partial charge is 0.326 e. The van der Waals surface area contributed by atoms with Crippen LogP contribution < -0.4 is 10.6 Å². The van der Waals surface area contributed by atoms with Crippen molar-refractivity contribution in [2.45, 2.75) is 19.4 Å². The zero-order chi connectivity index (χ0) is 12.8. The van der Waals surface area contributed by atoms with Gasteiger partial charge in [-0.05, 0) is 34.5 Å². The average Bonchev–Trinajstić information content (AvgIpc) is 2.28. The van der Waals surface area contributed by atoms with Crippen LogP contribution in [0, 0.1) is 0 Å². The number of aliphatic carboxylic acids is 1. The van der Waals surface area contributed by atoms with Gasteiger partial charge in [-0.2, -0.15) is 0 Å². The lowest BCUT2D eigenvalue weighted by Gasteiger charge is -2.13. The minimum atomic E-state index is -1.05. The van der Waals surface area contributed by atoms with Crippen LogP contribution in [-0.4, -0.2) is 23.1 Å². The zero-order valence-corrected chi connectivity index (χ0v) is 10.8. The van der Waals surface area contributed by atoms with Crippen LogP contribution >= 0.6 is 15.9 Å². The normalized spacial score (nSPS) is 11.6. The maximum absolute atomic E-state index is 11.5. The summed E-state index contributed by atoms with van der Waals surface area (Å²) in [5, 5.41) is 13.7. The molecule has 6 heteroatoms. The van der Waals surface area contributed by atoms with Gasteiger partial charge in [0.15, 0.2) is 0 Å². The Hall–Kier alpha value is -1.56. The van der Waals surface area contributed by atoms with E-state index in [-0.39, 0.29) is 0 Å². The minimum Gasteiger partial charge on any atom is -0.480 e. The van der Waals surface area contributed by atoms with Gasteiger partial charge in [0.1, 0.15) is 6.04 Å². The number of hydrogen-bond donors (Lipinski definition) is 3. The number of benzene rings is 1. The molecule has 0 aliphatic carbocycles. The maximum atomic E-state index is 11.5. The van der Waals surface area contributed by atoms with Crippen LogP contribution in [0.2, 0.25) is 0 Å². The van der Waals surface area contributed by atoms with Crippen molar-refractivity contribution in [3.8, 4) is 0 Å². The lowest BCUT2D eigenvalue weighted by atomic mass is 10.2. The van der Waals surface area contributed by atoms with Crippen molar-refractivity contribution in [1.82, 2.24) is 5.32 Å². The van der Waals surface area contributed by atoms with Gasteiger partial charge in [0, 0.05) is 4.47 Å². The molecule has 5 nitrogen and oxygen atoms in total. The molecule has 0 aliphatic rings. The first-order valence-electron chi connectivity index (χ1n) is 5.09. The second-order valence-electron chi connectivity index (χ2n) is 3.38. The zero-order valence-electron chi connectivity index (χ0n) is 9.24. The van der Waals surface area contributed by atoms with E-state index < -0.39 is 18.0 Å². The largest absolute Gasteiger partial charge is 0.480 e. The SMILES string of the molecule is CC[C@@H](NC(=O)Nc1ccccc1Br)C(=O)O. The fraction of sp³-hybridized carbons (Fsp3) is 0.273. The average molecular weight is 301 g/mol. The molecular weight excluding hydrogens is 288 g/mol. The van der Waals surface area contributed by atoms with E-state index in [2.05, 4.69) is 26.6 Å². The van der Waals surface area contributed by atoms with E-state index in [9.17, 15) is 9.59 Å². The molecule has 0 saturated carbocycles. The van der Waals surface area contributed by atoms with Gasteiger partial charge < -0.3 is 15.7 Å². The first kappa shape index (κ1) is 13.5. The van der Waals surface area contributed by atoms with Crippen molar-refractivity contribution in [1.29, 1.82) is 0 Å². The predicted octanol–water partition coefficient (Wildman–Crippen LogP) is 2.43. The Kier molecular flexibility index (Phi) is 4.96. The van der Waals surface area contributed by atoms with Crippen LogP contribution in [0.4, 0.5) is 10.5 Å². The van der Waals surface area contributed by atoms with E-state index in [4.69, 9.17) is 5.11 Å². The summed E-state index contributed by atoms with van der Waals surface area (Å²) in [5.74, 6) is -1.05. The summed E-state index contributed by atoms with van der Waals surface area (Å²) < 4.78 is 0.735. The molecule has 3 N–H and O–H groups in total. The molecule has 17 heavy (non-hydrogen) atoms. The summed E-state index contributed by atoms with van der Waals surface area (Å²) in [6, 6.07) is 5.67. The molecule has 0 aliphatic heterocycles. The highest BCUT2D eigenvalue weighted by Gasteiger charge is 2.17. The van der Waals surface area contributed by atoms with Crippen LogP contribution in [-0.2, 0) is 4.79 Å². The van der Waals surface area contributed by atoms with Crippen LogP contribution in [0.15, 0.2) is 28.7 Å². The third-order valence-corrected chi connectivity index (χ3v) is 2.83. The number of rotatable bonds is 4.